The lowest BCUT2D eigenvalue weighted by atomic mass is 10.0. The van der Waals surface area contributed by atoms with Crippen LogP contribution >= 0.6 is 0 Å². The number of nitrogen functional groups attached to an aromatic ring is 1. The molecule has 1 saturated carbocycles. The normalized spacial score (nSPS) is 16.5. The maximum absolute atomic E-state index is 9.83. The summed E-state index contributed by atoms with van der Waals surface area (Å²) >= 11 is 0. The van der Waals surface area contributed by atoms with Crippen LogP contribution in [-0.2, 0) is 13.5 Å². The molecule has 0 amide bonds. The van der Waals surface area contributed by atoms with Gasteiger partial charge in [0.05, 0.1) is 11.3 Å². The third-order valence-corrected chi connectivity index (χ3v) is 3.87. The number of aliphatic hydroxyl groups is 1. The minimum absolute atomic E-state index is 0.367. The van der Waals surface area contributed by atoms with Crippen LogP contribution in [0, 0.1) is 0 Å². The molecule has 0 bridgehead atoms. The summed E-state index contributed by atoms with van der Waals surface area (Å²) < 4.78 is 1.67. The molecule has 1 fully saturated rings. The highest BCUT2D eigenvalue weighted by atomic mass is 16.3. The van der Waals surface area contributed by atoms with Crippen molar-refractivity contribution >= 4 is 5.82 Å². The molecule has 1 aliphatic rings. The lowest BCUT2D eigenvalue weighted by Crippen LogP contribution is -2.07. The van der Waals surface area contributed by atoms with Crippen LogP contribution in [0.15, 0.2) is 30.3 Å². The molecule has 1 aromatic carbocycles. The molecule has 4 nitrogen and oxygen atoms in total. The van der Waals surface area contributed by atoms with Gasteiger partial charge in [-0.3, -0.25) is 4.68 Å². The van der Waals surface area contributed by atoms with Crippen molar-refractivity contribution in [1.29, 1.82) is 0 Å². The number of aromatic nitrogens is 2. The molecule has 0 atom stereocenters. The Morgan fingerprint density at radius 3 is 2.53 bits per heavy atom. The Bertz CT molecular complexity index is 562. The van der Waals surface area contributed by atoms with Crippen LogP contribution in [0.4, 0.5) is 5.82 Å². The molecule has 0 unspecified atom stereocenters. The Kier molecular flexibility index (Phi) is 2.82. The van der Waals surface area contributed by atoms with Crippen molar-refractivity contribution in [2.75, 3.05) is 5.73 Å². The van der Waals surface area contributed by atoms with E-state index < -0.39 is 0 Å². The van der Waals surface area contributed by atoms with E-state index in [1.807, 2.05) is 13.1 Å². The van der Waals surface area contributed by atoms with Crippen molar-refractivity contribution in [3.63, 3.8) is 0 Å². The van der Waals surface area contributed by atoms with Crippen molar-refractivity contribution < 1.29 is 5.11 Å². The molecule has 1 heterocycles. The van der Waals surface area contributed by atoms with Crippen molar-refractivity contribution in [3.05, 3.63) is 35.9 Å². The molecule has 0 saturated heterocycles. The minimum Gasteiger partial charge on any atom is -0.390 e. The molecule has 4 heteroatoms. The highest BCUT2D eigenvalue weighted by Gasteiger charge is 2.39. The first-order valence-electron chi connectivity index (χ1n) is 6.67. The van der Waals surface area contributed by atoms with E-state index in [9.17, 15) is 5.11 Å². The van der Waals surface area contributed by atoms with E-state index in [1.165, 1.54) is 5.56 Å². The highest BCUT2D eigenvalue weighted by Crippen LogP contribution is 2.39. The van der Waals surface area contributed by atoms with E-state index in [-0.39, 0.29) is 5.60 Å². The zero-order valence-electron chi connectivity index (χ0n) is 11.1. The zero-order valence-corrected chi connectivity index (χ0v) is 11.1. The molecule has 0 radical (unpaired) electrons. The van der Waals surface area contributed by atoms with Crippen molar-refractivity contribution in [3.8, 4) is 11.3 Å². The number of benzene rings is 1. The number of nitrogens with two attached hydrogens (primary N) is 1. The van der Waals surface area contributed by atoms with Gasteiger partial charge < -0.3 is 10.8 Å². The molecule has 3 N–H and O–H groups in total. The van der Waals surface area contributed by atoms with Gasteiger partial charge in [0.15, 0.2) is 0 Å². The molecule has 19 heavy (non-hydrogen) atoms. The average molecular weight is 257 g/mol. The summed E-state index contributed by atoms with van der Waals surface area (Å²) in [7, 11) is 1.84. The van der Waals surface area contributed by atoms with Crippen molar-refractivity contribution in [2.24, 2.45) is 7.05 Å². The standard InChI is InChI=1S/C15H19N3O/c1-18-14(16)10-13(17-18)12-4-2-11(3-5-12)6-7-15(19)8-9-15/h2-5,10,19H,6-9,16H2,1H3. The summed E-state index contributed by atoms with van der Waals surface area (Å²) in [6, 6.07) is 10.2. The lowest BCUT2D eigenvalue weighted by Gasteiger charge is -2.07. The van der Waals surface area contributed by atoms with Crippen LogP contribution in [0.5, 0.6) is 0 Å². The quantitative estimate of drug-likeness (QED) is 0.882. The maximum atomic E-state index is 9.83. The molecular formula is C15H19N3O. The van der Waals surface area contributed by atoms with Crippen LogP contribution in [0.3, 0.4) is 0 Å². The second-order valence-corrected chi connectivity index (χ2v) is 5.50. The topological polar surface area (TPSA) is 64.1 Å². The van der Waals surface area contributed by atoms with E-state index in [2.05, 4.69) is 29.4 Å². The first-order valence-corrected chi connectivity index (χ1v) is 6.67. The highest BCUT2D eigenvalue weighted by molar-refractivity contribution is 5.62. The van der Waals surface area contributed by atoms with Gasteiger partial charge in [-0.2, -0.15) is 5.10 Å². The van der Waals surface area contributed by atoms with E-state index in [4.69, 9.17) is 5.73 Å². The van der Waals surface area contributed by atoms with Gasteiger partial charge in [0.2, 0.25) is 0 Å². The lowest BCUT2D eigenvalue weighted by molar-refractivity contribution is 0.140. The predicted molar refractivity (Wildman–Crippen MR) is 75.6 cm³/mol. The van der Waals surface area contributed by atoms with E-state index in [0.29, 0.717) is 5.82 Å². The van der Waals surface area contributed by atoms with E-state index >= 15 is 0 Å². The van der Waals surface area contributed by atoms with Crippen LogP contribution in [0.25, 0.3) is 11.3 Å². The molecule has 0 aliphatic heterocycles. The van der Waals surface area contributed by atoms with Crippen LogP contribution < -0.4 is 5.73 Å². The number of anilines is 1. The van der Waals surface area contributed by atoms with Gasteiger partial charge in [-0.15, -0.1) is 0 Å². The average Bonchev–Trinajstić information content (AvgIpc) is 3.05. The summed E-state index contributed by atoms with van der Waals surface area (Å²) in [6.07, 6.45) is 3.71. The third kappa shape index (κ3) is 2.63. The molecular weight excluding hydrogens is 238 g/mol. The Balaban J connectivity index is 1.71. The monoisotopic (exact) mass is 257 g/mol. The Hall–Kier alpha value is -1.81. The summed E-state index contributed by atoms with van der Waals surface area (Å²) in [5.41, 5.74) is 8.64. The zero-order chi connectivity index (χ0) is 13.5. The summed E-state index contributed by atoms with van der Waals surface area (Å²) in [6.45, 7) is 0. The SMILES string of the molecule is Cn1nc(-c2ccc(CCC3(O)CC3)cc2)cc1N. The smallest absolute Gasteiger partial charge is 0.121 e. The van der Waals surface area contributed by atoms with Gasteiger partial charge in [-0.05, 0) is 31.2 Å². The predicted octanol–water partition coefficient (Wildman–Crippen LogP) is 2.13. The fourth-order valence-corrected chi connectivity index (χ4v) is 2.24. The van der Waals surface area contributed by atoms with Gasteiger partial charge in [0.25, 0.3) is 0 Å². The van der Waals surface area contributed by atoms with Gasteiger partial charge in [0, 0.05) is 18.7 Å². The largest absolute Gasteiger partial charge is 0.390 e. The van der Waals surface area contributed by atoms with E-state index in [0.717, 1.165) is 36.9 Å². The van der Waals surface area contributed by atoms with Gasteiger partial charge >= 0.3 is 0 Å². The van der Waals surface area contributed by atoms with Gasteiger partial charge in [-0.1, -0.05) is 24.3 Å². The van der Waals surface area contributed by atoms with Crippen molar-refractivity contribution in [1.82, 2.24) is 9.78 Å². The minimum atomic E-state index is -0.367. The van der Waals surface area contributed by atoms with Gasteiger partial charge in [-0.25, -0.2) is 0 Å². The van der Waals surface area contributed by atoms with Crippen LogP contribution in [-0.4, -0.2) is 20.5 Å². The summed E-state index contributed by atoms with van der Waals surface area (Å²) in [4.78, 5) is 0. The first kappa shape index (κ1) is 12.2. The Morgan fingerprint density at radius 2 is 2.00 bits per heavy atom. The fraction of sp³-hybridized carbons (Fsp3) is 0.400. The van der Waals surface area contributed by atoms with Crippen LogP contribution in [0.2, 0.25) is 0 Å². The number of rotatable bonds is 4. The van der Waals surface area contributed by atoms with Crippen LogP contribution in [0.1, 0.15) is 24.8 Å². The van der Waals surface area contributed by atoms with E-state index in [1.54, 1.807) is 4.68 Å². The number of aryl methyl sites for hydroxylation is 2. The maximum Gasteiger partial charge on any atom is 0.121 e. The van der Waals surface area contributed by atoms with Gasteiger partial charge in [0.1, 0.15) is 5.82 Å². The summed E-state index contributed by atoms with van der Waals surface area (Å²) in [5, 5.41) is 14.2. The second-order valence-electron chi connectivity index (χ2n) is 5.50. The molecule has 0 spiro atoms. The number of hydrogen-bond donors (Lipinski definition) is 2. The molecule has 2 aromatic rings. The fourth-order valence-electron chi connectivity index (χ4n) is 2.24. The molecule has 1 aromatic heterocycles. The number of hydrogen-bond acceptors (Lipinski definition) is 3. The van der Waals surface area contributed by atoms with Crippen molar-refractivity contribution in [2.45, 2.75) is 31.3 Å². The first-order chi connectivity index (χ1) is 9.06. The number of nitrogens with zero attached hydrogens (tertiary/aromatic N) is 2. The molecule has 100 valence electrons. The molecule has 1 aliphatic carbocycles. The Labute approximate surface area is 112 Å². The summed E-state index contributed by atoms with van der Waals surface area (Å²) in [5.74, 6) is 0.662. The third-order valence-electron chi connectivity index (χ3n) is 3.87. The second kappa shape index (κ2) is 4.38. The molecule has 3 rings (SSSR count). The Morgan fingerprint density at radius 1 is 1.32 bits per heavy atom.